The second kappa shape index (κ2) is 7.18. The molecule has 112 valence electrons. The van der Waals surface area contributed by atoms with Crippen molar-refractivity contribution in [2.45, 2.75) is 26.3 Å². The van der Waals surface area contributed by atoms with Crippen LogP contribution in [0, 0.1) is 11.6 Å². The Morgan fingerprint density at radius 3 is 2.52 bits per heavy atom. The van der Waals surface area contributed by atoms with E-state index in [0.717, 1.165) is 24.6 Å². The largest absolute Gasteiger partial charge is 0.454 e. The molecule has 0 aliphatic rings. The molecule has 2 aromatic rings. The van der Waals surface area contributed by atoms with E-state index in [1.54, 1.807) is 6.07 Å². The highest BCUT2D eigenvalue weighted by Gasteiger charge is 2.14. The van der Waals surface area contributed by atoms with Crippen molar-refractivity contribution < 1.29 is 13.5 Å². The maximum atomic E-state index is 13.7. The molecule has 1 unspecified atom stereocenters. The standard InChI is InChI=1S/C17H19F2NO/c1-3-11-20-12(2)13-7-4-5-9-15(13)21-16-10-6-8-14(18)17(16)19/h4-10,12,20H,3,11H2,1-2H3. The molecule has 4 heteroatoms. The van der Waals surface area contributed by atoms with Crippen molar-refractivity contribution in [3.63, 3.8) is 0 Å². The number of para-hydroxylation sites is 1. The molecule has 0 amide bonds. The van der Waals surface area contributed by atoms with Crippen LogP contribution in [0.25, 0.3) is 0 Å². The summed E-state index contributed by atoms with van der Waals surface area (Å²) in [7, 11) is 0. The Balaban J connectivity index is 2.26. The highest BCUT2D eigenvalue weighted by molar-refractivity contribution is 5.40. The number of nitrogens with one attached hydrogen (secondary N) is 1. The van der Waals surface area contributed by atoms with Crippen LogP contribution in [0.2, 0.25) is 0 Å². The Labute approximate surface area is 123 Å². The van der Waals surface area contributed by atoms with Gasteiger partial charge in [-0.2, -0.15) is 4.39 Å². The molecule has 0 spiro atoms. The van der Waals surface area contributed by atoms with E-state index in [1.807, 2.05) is 25.1 Å². The van der Waals surface area contributed by atoms with Crippen LogP contribution < -0.4 is 10.1 Å². The summed E-state index contributed by atoms with van der Waals surface area (Å²) in [6.45, 7) is 4.98. The number of ether oxygens (including phenoxy) is 1. The topological polar surface area (TPSA) is 21.3 Å². The normalized spacial score (nSPS) is 12.2. The molecule has 0 saturated heterocycles. The number of rotatable bonds is 6. The van der Waals surface area contributed by atoms with Crippen LogP contribution in [-0.2, 0) is 0 Å². The first-order valence-electron chi connectivity index (χ1n) is 7.07. The fourth-order valence-corrected chi connectivity index (χ4v) is 2.08. The van der Waals surface area contributed by atoms with Gasteiger partial charge in [-0.1, -0.05) is 31.2 Å². The summed E-state index contributed by atoms with van der Waals surface area (Å²) >= 11 is 0. The smallest absolute Gasteiger partial charge is 0.201 e. The monoisotopic (exact) mass is 291 g/mol. The van der Waals surface area contributed by atoms with Crippen LogP contribution in [0.3, 0.4) is 0 Å². The molecule has 0 bridgehead atoms. The SMILES string of the molecule is CCCNC(C)c1ccccc1Oc1cccc(F)c1F. The summed E-state index contributed by atoms with van der Waals surface area (Å²) in [6.07, 6.45) is 1.02. The van der Waals surface area contributed by atoms with E-state index >= 15 is 0 Å². The molecule has 0 fully saturated rings. The van der Waals surface area contributed by atoms with Crippen molar-refractivity contribution in [3.05, 3.63) is 59.7 Å². The molecule has 2 rings (SSSR count). The van der Waals surface area contributed by atoms with E-state index in [9.17, 15) is 8.78 Å². The summed E-state index contributed by atoms with van der Waals surface area (Å²) in [5, 5.41) is 3.35. The minimum absolute atomic E-state index is 0.0674. The predicted octanol–water partition coefficient (Wildman–Crippen LogP) is 4.82. The van der Waals surface area contributed by atoms with Crippen LogP contribution >= 0.6 is 0 Å². The Morgan fingerprint density at radius 2 is 1.76 bits per heavy atom. The summed E-state index contributed by atoms with van der Waals surface area (Å²) < 4.78 is 32.5. The lowest BCUT2D eigenvalue weighted by Crippen LogP contribution is -2.19. The van der Waals surface area contributed by atoms with Crippen molar-refractivity contribution in [2.75, 3.05) is 6.54 Å². The Morgan fingerprint density at radius 1 is 1.05 bits per heavy atom. The van der Waals surface area contributed by atoms with E-state index in [2.05, 4.69) is 12.2 Å². The zero-order valence-corrected chi connectivity index (χ0v) is 12.2. The zero-order valence-electron chi connectivity index (χ0n) is 12.2. The molecule has 0 saturated carbocycles. The Kier molecular flexibility index (Phi) is 5.28. The summed E-state index contributed by atoms with van der Waals surface area (Å²) in [5.74, 6) is -1.47. The predicted molar refractivity (Wildman–Crippen MR) is 79.6 cm³/mol. The lowest BCUT2D eigenvalue weighted by atomic mass is 10.1. The molecule has 0 aromatic heterocycles. The van der Waals surface area contributed by atoms with Gasteiger partial charge < -0.3 is 10.1 Å². The average Bonchev–Trinajstić information content (AvgIpc) is 2.50. The second-order valence-electron chi connectivity index (χ2n) is 4.87. The number of halogens is 2. The molecule has 2 nitrogen and oxygen atoms in total. The van der Waals surface area contributed by atoms with Crippen molar-refractivity contribution in [1.29, 1.82) is 0 Å². The molecule has 2 aromatic carbocycles. The first-order valence-corrected chi connectivity index (χ1v) is 7.07. The third-order valence-corrected chi connectivity index (χ3v) is 3.22. The molecular weight excluding hydrogens is 272 g/mol. The molecule has 0 radical (unpaired) electrons. The van der Waals surface area contributed by atoms with Gasteiger partial charge in [-0.05, 0) is 38.1 Å². The van der Waals surface area contributed by atoms with Gasteiger partial charge in [-0.25, -0.2) is 4.39 Å². The minimum atomic E-state index is -0.971. The quantitative estimate of drug-likeness (QED) is 0.824. The lowest BCUT2D eigenvalue weighted by Gasteiger charge is -2.18. The van der Waals surface area contributed by atoms with Gasteiger partial charge in [0.25, 0.3) is 0 Å². The maximum Gasteiger partial charge on any atom is 0.201 e. The third kappa shape index (κ3) is 3.79. The van der Waals surface area contributed by atoms with Crippen LogP contribution in [0.4, 0.5) is 8.78 Å². The van der Waals surface area contributed by atoms with Crippen LogP contribution in [0.5, 0.6) is 11.5 Å². The van der Waals surface area contributed by atoms with Gasteiger partial charge in [0.05, 0.1) is 0 Å². The highest BCUT2D eigenvalue weighted by Crippen LogP contribution is 2.31. The highest BCUT2D eigenvalue weighted by atomic mass is 19.2. The minimum Gasteiger partial charge on any atom is -0.454 e. The third-order valence-electron chi connectivity index (χ3n) is 3.22. The summed E-state index contributed by atoms with van der Waals surface area (Å²) in [6, 6.07) is 11.4. The van der Waals surface area contributed by atoms with Crippen LogP contribution in [-0.4, -0.2) is 6.54 Å². The van der Waals surface area contributed by atoms with E-state index in [-0.39, 0.29) is 11.8 Å². The molecular formula is C17H19F2NO. The Bertz CT molecular complexity index is 601. The van der Waals surface area contributed by atoms with Crippen LogP contribution in [0.15, 0.2) is 42.5 Å². The number of hydrogen-bond acceptors (Lipinski definition) is 2. The summed E-state index contributed by atoms with van der Waals surface area (Å²) in [5.41, 5.74) is 0.912. The van der Waals surface area contributed by atoms with E-state index in [0.29, 0.717) is 5.75 Å². The maximum absolute atomic E-state index is 13.7. The van der Waals surface area contributed by atoms with Gasteiger partial charge in [0.1, 0.15) is 5.75 Å². The van der Waals surface area contributed by atoms with E-state index in [1.165, 1.54) is 12.1 Å². The van der Waals surface area contributed by atoms with Gasteiger partial charge in [0, 0.05) is 11.6 Å². The molecule has 0 heterocycles. The van der Waals surface area contributed by atoms with Gasteiger partial charge in [0.15, 0.2) is 11.6 Å². The second-order valence-corrected chi connectivity index (χ2v) is 4.87. The van der Waals surface area contributed by atoms with Gasteiger partial charge in [-0.15, -0.1) is 0 Å². The van der Waals surface area contributed by atoms with Crippen molar-refractivity contribution >= 4 is 0 Å². The molecule has 21 heavy (non-hydrogen) atoms. The average molecular weight is 291 g/mol. The molecule has 0 aliphatic heterocycles. The first kappa shape index (κ1) is 15.4. The number of hydrogen-bond donors (Lipinski definition) is 1. The van der Waals surface area contributed by atoms with E-state index in [4.69, 9.17) is 4.74 Å². The molecule has 0 aliphatic carbocycles. The Hall–Kier alpha value is -1.94. The molecule has 1 N–H and O–H groups in total. The van der Waals surface area contributed by atoms with E-state index < -0.39 is 11.6 Å². The van der Waals surface area contributed by atoms with Crippen molar-refractivity contribution in [1.82, 2.24) is 5.32 Å². The first-order chi connectivity index (χ1) is 10.1. The van der Waals surface area contributed by atoms with Gasteiger partial charge >= 0.3 is 0 Å². The van der Waals surface area contributed by atoms with Gasteiger partial charge in [-0.3, -0.25) is 0 Å². The van der Waals surface area contributed by atoms with Crippen molar-refractivity contribution in [2.24, 2.45) is 0 Å². The van der Waals surface area contributed by atoms with Gasteiger partial charge in [0.2, 0.25) is 5.82 Å². The summed E-state index contributed by atoms with van der Waals surface area (Å²) in [4.78, 5) is 0. The fraction of sp³-hybridized carbons (Fsp3) is 0.294. The zero-order chi connectivity index (χ0) is 15.2. The molecule has 1 atom stereocenters. The lowest BCUT2D eigenvalue weighted by molar-refractivity contribution is 0.408. The van der Waals surface area contributed by atoms with Crippen LogP contribution in [0.1, 0.15) is 31.9 Å². The fourth-order valence-electron chi connectivity index (χ4n) is 2.08. The number of benzene rings is 2. The van der Waals surface area contributed by atoms with Crippen molar-refractivity contribution in [3.8, 4) is 11.5 Å².